The van der Waals surface area contributed by atoms with Gasteiger partial charge in [0.25, 0.3) is 0 Å². The largest absolute Gasteiger partial charge is 0.351 e. The van der Waals surface area contributed by atoms with Crippen molar-refractivity contribution in [2.75, 3.05) is 13.2 Å². The van der Waals surface area contributed by atoms with Crippen LogP contribution in [0.3, 0.4) is 0 Å². The molecule has 0 spiro atoms. The predicted molar refractivity (Wildman–Crippen MR) is 77.8 cm³/mol. The second-order valence-corrected chi connectivity index (χ2v) is 4.67. The highest BCUT2D eigenvalue weighted by atomic mass is 16.7. The maximum atomic E-state index is 5.64. The van der Waals surface area contributed by atoms with Gasteiger partial charge in [-0.1, -0.05) is 18.2 Å². The maximum absolute atomic E-state index is 5.64. The molecule has 1 atom stereocenters. The van der Waals surface area contributed by atoms with Crippen LogP contribution in [0.5, 0.6) is 0 Å². The predicted octanol–water partition coefficient (Wildman–Crippen LogP) is 2.08. The summed E-state index contributed by atoms with van der Waals surface area (Å²) in [6.07, 6.45) is 0.462. The lowest BCUT2D eigenvalue weighted by molar-refractivity contribution is -0.153. The van der Waals surface area contributed by atoms with Crippen LogP contribution in [-0.4, -0.2) is 25.5 Å². The van der Waals surface area contributed by atoms with Gasteiger partial charge in [0.2, 0.25) is 0 Å². The zero-order valence-corrected chi connectivity index (χ0v) is 12.4. The summed E-state index contributed by atoms with van der Waals surface area (Å²) >= 11 is 0. The van der Waals surface area contributed by atoms with Crippen molar-refractivity contribution in [3.05, 3.63) is 34.9 Å². The molecule has 0 amide bonds. The molecule has 0 bridgehead atoms. The fraction of sp³-hybridized carbons (Fsp3) is 0.600. The molecular weight excluding hydrogens is 240 g/mol. The molecule has 0 saturated heterocycles. The smallest absolute Gasteiger partial charge is 0.174 e. The zero-order chi connectivity index (χ0) is 14.3. The molecule has 3 N–H and O–H groups in total. The van der Waals surface area contributed by atoms with Crippen molar-refractivity contribution < 1.29 is 9.47 Å². The average molecular weight is 266 g/mol. The molecule has 0 aromatic heterocycles. The number of nitrogens with two attached hydrogens (primary N) is 1. The number of benzene rings is 1. The van der Waals surface area contributed by atoms with Gasteiger partial charge in [0.1, 0.15) is 0 Å². The molecule has 4 nitrogen and oxygen atoms in total. The Morgan fingerprint density at radius 1 is 1.11 bits per heavy atom. The Kier molecular flexibility index (Phi) is 7.02. The van der Waals surface area contributed by atoms with E-state index in [0.717, 1.165) is 6.42 Å². The standard InChI is InChI=1S/C15H26N2O2/c1-5-18-15(19-6-2)14(17-16)10-13-8-7-11(3)12(4)9-13/h7-9,14-15,17H,5-6,10,16H2,1-4H3. The first-order chi connectivity index (χ1) is 9.12. The van der Waals surface area contributed by atoms with Crippen molar-refractivity contribution in [3.63, 3.8) is 0 Å². The second-order valence-electron chi connectivity index (χ2n) is 4.67. The van der Waals surface area contributed by atoms with Crippen LogP contribution in [0.4, 0.5) is 0 Å². The van der Waals surface area contributed by atoms with E-state index in [1.807, 2.05) is 13.8 Å². The molecule has 0 heterocycles. The van der Waals surface area contributed by atoms with E-state index in [1.54, 1.807) is 0 Å². The van der Waals surface area contributed by atoms with E-state index < -0.39 is 0 Å². The van der Waals surface area contributed by atoms with Gasteiger partial charge in [-0.15, -0.1) is 0 Å². The van der Waals surface area contributed by atoms with Crippen LogP contribution in [0.15, 0.2) is 18.2 Å². The van der Waals surface area contributed by atoms with Gasteiger partial charge in [-0.2, -0.15) is 0 Å². The highest BCUT2D eigenvalue weighted by Gasteiger charge is 2.21. The number of nitrogens with one attached hydrogen (secondary N) is 1. The number of rotatable bonds is 8. The quantitative estimate of drug-likeness (QED) is 0.430. The number of hydrazine groups is 1. The van der Waals surface area contributed by atoms with E-state index in [-0.39, 0.29) is 12.3 Å². The molecule has 108 valence electrons. The van der Waals surface area contributed by atoms with Crippen molar-refractivity contribution >= 4 is 0 Å². The van der Waals surface area contributed by atoms with Crippen molar-refractivity contribution in [1.82, 2.24) is 5.43 Å². The Morgan fingerprint density at radius 2 is 1.74 bits per heavy atom. The summed E-state index contributed by atoms with van der Waals surface area (Å²) in [5.41, 5.74) is 6.62. The van der Waals surface area contributed by atoms with Gasteiger partial charge in [-0.05, 0) is 50.8 Å². The summed E-state index contributed by atoms with van der Waals surface area (Å²) in [6.45, 7) is 9.35. The zero-order valence-electron chi connectivity index (χ0n) is 12.4. The van der Waals surface area contributed by atoms with Gasteiger partial charge in [0, 0.05) is 13.2 Å². The molecule has 1 aromatic rings. The number of aryl methyl sites for hydroxylation is 2. The van der Waals surface area contributed by atoms with Gasteiger partial charge >= 0.3 is 0 Å². The Bertz CT molecular complexity index is 376. The summed E-state index contributed by atoms with van der Waals surface area (Å²) < 4.78 is 11.2. The van der Waals surface area contributed by atoms with Crippen LogP contribution in [-0.2, 0) is 15.9 Å². The first kappa shape index (κ1) is 16.1. The summed E-state index contributed by atoms with van der Waals surface area (Å²) in [5.74, 6) is 5.64. The minimum Gasteiger partial charge on any atom is -0.351 e. The average Bonchev–Trinajstić information content (AvgIpc) is 2.40. The lowest BCUT2D eigenvalue weighted by Crippen LogP contribution is -2.48. The Labute approximate surface area is 116 Å². The summed E-state index contributed by atoms with van der Waals surface area (Å²) in [7, 11) is 0. The van der Waals surface area contributed by atoms with E-state index in [9.17, 15) is 0 Å². The fourth-order valence-corrected chi connectivity index (χ4v) is 2.03. The lowest BCUT2D eigenvalue weighted by atomic mass is 10.0. The van der Waals surface area contributed by atoms with Crippen LogP contribution in [0.2, 0.25) is 0 Å². The molecule has 4 heteroatoms. The Hall–Kier alpha value is -0.940. The molecule has 19 heavy (non-hydrogen) atoms. The molecule has 1 rings (SSSR count). The Balaban J connectivity index is 2.75. The van der Waals surface area contributed by atoms with Crippen LogP contribution in [0.1, 0.15) is 30.5 Å². The van der Waals surface area contributed by atoms with Gasteiger partial charge in [-0.25, -0.2) is 0 Å². The Morgan fingerprint density at radius 3 is 2.21 bits per heavy atom. The normalized spacial score (nSPS) is 12.9. The lowest BCUT2D eigenvalue weighted by Gasteiger charge is -2.26. The number of ether oxygens (including phenoxy) is 2. The molecule has 0 aliphatic carbocycles. The third kappa shape index (κ3) is 4.91. The highest BCUT2D eigenvalue weighted by molar-refractivity contribution is 5.30. The molecule has 0 aliphatic heterocycles. The first-order valence-electron chi connectivity index (χ1n) is 6.87. The fourth-order valence-electron chi connectivity index (χ4n) is 2.03. The number of hydrogen-bond donors (Lipinski definition) is 2. The molecule has 0 saturated carbocycles. The third-order valence-corrected chi connectivity index (χ3v) is 3.23. The maximum Gasteiger partial charge on any atom is 0.174 e. The summed E-state index contributed by atoms with van der Waals surface area (Å²) in [4.78, 5) is 0. The minimum atomic E-state index is -0.318. The van der Waals surface area contributed by atoms with Gasteiger partial charge < -0.3 is 9.47 Å². The highest BCUT2D eigenvalue weighted by Crippen LogP contribution is 2.14. The van der Waals surface area contributed by atoms with Crippen LogP contribution < -0.4 is 11.3 Å². The topological polar surface area (TPSA) is 56.5 Å². The van der Waals surface area contributed by atoms with Crippen molar-refractivity contribution in [3.8, 4) is 0 Å². The van der Waals surface area contributed by atoms with E-state index >= 15 is 0 Å². The van der Waals surface area contributed by atoms with E-state index in [2.05, 4.69) is 37.5 Å². The molecule has 1 unspecified atom stereocenters. The molecule has 0 aliphatic rings. The van der Waals surface area contributed by atoms with Crippen LogP contribution in [0, 0.1) is 13.8 Å². The van der Waals surface area contributed by atoms with E-state index in [0.29, 0.717) is 13.2 Å². The van der Waals surface area contributed by atoms with Crippen molar-refractivity contribution in [2.45, 2.75) is 46.4 Å². The molecular formula is C15H26N2O2. The molecule has 0 radical (unpaired) electrons. The molecule has 0 fully saturated rings. The summed E-state index contributed by atoms with van der Waals surface area (Å²) in [6, 6.07) is 6.40. The van der Waals surface area contributed by atoms with Crippen molar-refractivity contribution in [1.29, 1.82) is 0 Å². The third-order valence-electron chi connectivity index (χ3n) is 3.23. The van der Waals surface area contributed by atoms with Gasteiger partial charge in [0.05, 0.1) is 6.04 Å². The summed E-state index contributed by atoms with van der Waals surface area (Å²) in [5, 5.41) is 0. The van der Waals surface area contributed by atoms with E-state index in [1.165, 1.54) is 16.7 Å². The minimum absolute atomic E-state index is 0.0537. The van der Waals surface area contributed by atoms with Crippen molar-refractivity contribution in [2.24, 2.45) is 5.84 Å². The van der Waals surface area contributed by atoms with Crippen LogP contribution in [0.25, 0.3) is 0 Å². The van der Waals surface area contributed by atoms with E-state index in [4.69, 9.17) is 15.3 Å². The SMILES string of the molecule is CCOC(OCC)C(Cc1ccc(C)c(C)c1)NN. The first-order valence-corrected chi connectivity index (χ1v) is 6.87. The van der Waals surface area contributed by atoms with Crippen LogP contribution >= 0.6 is 0 Å². The second kappa shape index (κ2) is 8.27. The molecule has 1 aromatic carbocycles. The number of hydrogen-bond acceptors (Lipinski definition) is 4. The monoisotopic (exact) mass is 266 g/mol. The van der Waals surface area contributed by atoms with Gasteiger partial charge in [0.15, 0.2) is 6.29 Å². The van der Waals surface area contributed by atoms with Gasteiger partial charge in [-0.3, -0.25) is 11.3 Å².